The van der Waals surface area contributed by atoms with E-state index in [1.54, 1.807) is 23.0 Å². The van der Waals surface area contributed by atoms with E-state index in [1.165, 1.54) is 0 Å². The van der Waals surface area contributed by atoms with E-state index >= 15 is 0 Å². The van der Waals surface area contributed by atoms with Gasteiger partial charge in [0.15, 0.2) is 6.61 Å². The maximum Gasteiger partial charge on any atom is 0.416 e. The van der Waals surface area contributed by atoms with Crippen molar-refractivity contribution in [2.24, 2.45) is 0 Å². The number of carbonyl (C=O) groups excluding carboxylic acids is 1. The van der Waals surface area contributed by atoms with Gasteiger partial charge in [-0.1, -0.05) is 12.1 Å². The summed E-state index contributed by atoms with van der Waals surface area (Å²) in [5.41, 5.74) is 1.87. The first-order valence-electron chi connectivity index (χ1n) is 7.25. The highest BCUT2D eigenvalue weighted by Gasteiger charge is 2.30. The van der Waals surface area contributed by atoms with Gasteiger partial charge in [-0.25, -0.2) is 8.42 Å². The van der Waals surface area contributed by atoms with Gasteiger partial charge in [-0.2, -0.15) is 13.2 Å². The number of hydrogen-bond donors (Lipinski definition) is 2. The summed E-state index contributed by atoms with van der Waals surface area (Å²) in [6.45, 7) is 1.39. The summed E-state index contributed by atoms with van der Waals surface area (Å²) in [5, 5.41) is 0. The molecule has 2 N–H and O–H groups in total. The van der Waals surface area contributed by atoms with E-state index in [-0.39, 0.29) is 0 Å². The van der Waals surface area contributed by atoms with Gasteiger partial charge in [0, 0.05) is 0 Å². The molecular weight excluding hydrogens is 373 g/mol. The van der Waals surface area contributed by atoms with Crippen LogP contribution in [0.15, 0.2) is 53.4 Å². The third-order valence-corrected chi connectivity index (χ3v) is 4.44. The quantitative estimate of drug-likeness (QED) is 0.745. The predicted molar refractivity (Wildman–Crippen MR) is 86.6 cm³/mol. The third-order valence-electron chi connectivity index (χ3n) is 3.18. The Hall–Kier alpha value is -2.59. The zero-order chi connectivity index (χ0) is 19.4. The summed E-state index contributed by atoms with van der Waals surface area (Å²) in [7, 11) is -4.21. The fourth-order valence-corrected chi connectivity index (χ4v) is 2.76. The molecule has 2 aromatic rings. The van der Waals surface area contributed by atoms with Gasteiger partial charge in [0.1, 0.15) is 5.75 Å². The lowest BCUT2D eigenvalue weighted by Gasteiger charge is -2.11. The first-order valence-corrected chi connectivity index (χ1v) is 8.73. The second-order valence-electron chi connectivity index (χ2n) is 5.28. The Balaban J connectivity index is 1.91. The lowest BCUT2D eigenvalue weighted by Crippen LogP contribution is -2.43. The van der Waals surface area contributed by atoms with Gasteiger partial charge in [-0.15, -0.1) is 4.83 Å². The van der Waals surface area contributed by atoms with Crippen molar-refractivity contribution in [2.75, 3.05) is 6.61 Å². The minimum absolute atomic E-state index is 0.426. The van der Waals surface area contributed by atoms with Crippen LogP contribution in [-0.4, -0.2) is 20.9 Å². The number of hydrogen-bond acceptors (Lipinski definition) is 4. The van der Waals surface area contributed by atoms with Crippen LogP contribution in [0.1, 0.15) is 11.1 Å². The van der Waals surface area contributed by atoms with Gasteiger partial charge in [0.05, 0.1) is 10.5 Å². The maximum atomic E-state index is 12.5. The van der Waals surface area contributed by atoms with Gasteiger partial charge in [-0.05, 0) is 48.9 Å². The molecule has 0 aliphatic rings. The predicted octanol–water partition coefficient (Wildman–Crippen LogP) is 2.40. The van der Waals surface area contributed by atoms with E-state index in [4.69, 9.17) is 4.74 Å². The maximum absolute atomic E-state index is 12.5. The number of sulfonamides is 1. The molecule has 0 saturated heterocycles. The fourth-order valence-electron chi connectivity index (χ4n) is 1.90. The Morgan fingerprint density at radius 1 is 1.12 bits per heavy atom. The minimum atomic E-state index is -4.57. The van der Waals surface area contributed by atoms with Crippen molar-refractivity contribution in [3.05, 3.63) is 59.7 Å². The smallest absolute Gasteiger partial charge is 0.416 e. The van der Waals surface area contributed by atoms with Crippen LogP contribution in [-0.2, 0) is 21.0 Å². The number of benzene rings is 2. The zero-order valence-electron chi connectivity index (χ0n) is 13.5. The Kier molecular flexibility index (Phi) is 5.88. The van der Waals surface area contributed by atoms with E-state index in [9.17, 15) is 26.4 Å². The molecule has 0 radical (unpaired) electrons. The number of halogens is 3. The van der Waals surface area contributed by atoms with Crippen molar-refractivity contribution in [3.8, 4) is 5.75 Å². The number of hydrazine groups is 1. The van der Waals surface area contributed by atoms with Crippen LogP contribution in [0.2, 0.25) is 0 Å². The molecule has 0 aromatic heterocycles. The zero-order valence-corrected chi connectivity index (χ0v) is 14.3. The highest BCUT2D eigenvalue weighted by atomic mass is 32.2. The number of nitrogens with one attached hydrogen (secondary N) is 2. The number of carbonyl (C=O) groups is 1. The summed E-state index contributed by atoms with van der Waals surface area (Å²) in [4.78, 5) is 13.0. The summed E-state index contributed by atoms with van der Waals surface area (Å²) in [6, 6.07) is 9.75. The number of alkyl halides is 3. The molecule has 0 bridgehead atoms. The molecule has 0 heterocycles. The number of amides is 1. The van der Waals surface area contributed by atoms with Crippen LogP contribution >= 0.6 is 0 Å². The standard InChI is InChI=1S/C16H15F3N2O4S/c1-11-3-2-4-13(9-11)25-10-15(22)20-21-26(23,24)14-7-5-12(6-8-14)16(17,18)19/h2-9,21H,10H2,1H3,(H,20,22). The molecule has 2 rings (SSSR count). The van der Waals surface area contributed by atoms with Crippen molar-refractivity contribution in [1.82, 2.24) is 10.3 Å². The topological polar surface area (TPSA) is 84.5 Å². The minimum Gasteiger partial charge on any atom is -0.484 e. The molecule has 0 aliphatic heterocycles. The Morgan fingerprint density at radius 3 is 2.35 bits per heavy atom. The van der Waals surface area contributed by atoms with Crippen LogP contribution in [0, 0.1) is 6.92 Å². The summed E-state index contributed by atoms with van der Waals surface area (Å²) < 4.78 is 66.6. The average molecular weight is 388 g/mol. The molecule has 6 nitrogen and oxygen atoms in total. The molecule has 0 atom stereocenters. The van der Waals surface area contributed by atoms with Gasteiger partial charge < -0.3 is 4.74 Å². The number of ether oxygens (including phenoxy) is 1. The van der Waals surface area contributed by atoms with Gasteiger partial charge in [-0.3, -0.25) is 10.2 Å². The number of aryl methyl sites for hydroxylation is 1. The van der Waals surface area contributed by atoms with Gasteiger partial charge in [0.25, 0.3) is 15.9 Å². The first kappa shape index (κ1) is 19.7. The van der Waals surface area contributed by atoms with Crippen LogP contribution in [0.3, 0.4) is 0 Å². The molecule has 0 fully saturated rings. The molecule has 0 unspecified atom stereocenters. The Morgan fingerprint density at radius 2 is 1.77 bits per heavy atom. The normalized spacial score (nSPS) is 11.8. The molecule has 0 spiro atoms. The van der Waals surface area contributed by atoms with Crippen molar-refractivity contribution >= 4 is 15.9 Å². The van der Waals surface area contributed by atoms with Crippen LogP contribution in [0.25, 0.3) is 0 Å². The van der Waals surface area contributed by atoms with Crippen molar-refractivity contribution in [2.45, 2.75) is 18.0 Å². The number of rotatable bonds is 6. The lowest BCUT2D eigenvalue weighted by atomic mass is 10.2. The van der Waals surface area contributed by atoms with Crippen LogP contribution in [0.4, 0.5) is 13.2 Å². The molecule has 1 amide bonds. The summed E-state index contributed by atoms with van der Waals surface area (Å²) in [6.07, 6.45) is -4.57. The third kappa shape index (κ3) is 5.46. The van der Waals surface area contributed by atoms with E-state index in [0.29, 0.717) is 17.9 Å². The highest BCUT2D eigenvalue weighted by molar-refractivity contribution is 7.89. The molecular formula is C16H15F3N2O4S. The van der Waals surface area contributed by atoms with Crippen LogP contribution < -0.4 is 15.0 Å². The van der Waals surface area contributed by atoms with Crippen molar-refractivity contribution in [1.29, 1.82) is 0 Å². The van der Waals surface area contributed by atoms with E-state index < -0.39 is 39.2 Å². The molecule has 140 valence electrons. The average Bonchev–Trinajstić information content (AvgIpc) is 2.58. The van der Waals surface area contributed by atoms with E-state index in [1.807, 2.05) is 18.4 Å². The second kappa shape index (κ2) is 7.75. The highest BCUT2D eigenvalue weighted by Crippen LogP contribution is 2.29. The van der Waals surface area contributed by atoms with Crippen molar-refractivity contribution < 1.29 is 31.1 Å². The molecule has 0 aliphatic carbocycles. The second-order valence-corrected chi connectivity index (χ2v) is 6.96. The molecule has 26 heavy (non-hydrogen) atoms. The largest absolute Gasteiger partial charge is 0.484 e. The lowest BCUT2D eigenvalue weighted by molar-refractivity contribution is -0.137. The Bertz CT molecular complexity index is 881. The Labute approximate surface area is 148 Å². The van der Waals surface area contributed by atoms with Crippen LogP contribution in [0.5, 0.6) is 5.75 Å². The monoisotopic (exact) mass is 388 g/mol. The van der Waals surface area contributed by atoms with Gasteiger partial charge >= 0.3 is 6.18 Å². The van der Waals surface area contributed by atoms with E-state index in [2.05, 4.69) is 0 Å². The molecule has 0 saturated carbocycles. The van der Waals surface area contributed by atoms with E-state index in [0.717, 1.165) is 17.7 Å². The van der Waals surface area contributed by atoms with Gasteiger partial charge in [0.2, 0.25) is 0 Å². The molecule has 10 heteroatoms. The van der Waals surface area contributed by atoms with Crippen molar-refractivity contribution in [3.63, 3.8) is 0 Å². The molecule has 2 aromatic carbocycles. The fraction of sp³-hybridized carbons (Fsp3) is 0.188. The first-order chi connectivity index (χ1) is 12.1. The SMILES string of the molecule is Cc1cccc(OCC(=O)NNS(=O)(=O)c2ccc(C(F)(F)F)cc2)c1. The summed E-state index contributed by atoms with van der Waals surface area (Å²) >= 11 is 0. The summed E-state index contributed by atoms with van der Waals surface area (Å²) in [5.74, 6) is -0.340.